The number of likely N-dealkylation sites (N-methyl/N-ethyl adjacent to an activating group) is 1. The predicted molar refractivity (Wildman–Crippen MR) is 91.0 cm³/mol. The highest BCUT2D eigenvalue weighted by Crippen LogP contribution is 2.22. The highest BCUT2D eigenvalue weighted by molar-refractivity contribution is 6.23. The predicted octanol–water partition coefficient (Wildman–Crippen LogP) is 2.47. The Morgan fingerprint density at radius 1 is 1.09 bits per heavy atom. The maximum Gasteiger partial charge on any atom is 0.333 e. The second-order valence-electron chi connectivity index (χ2n) is 6.27. The molecule has 0 saturated carbocycles. The Kier molecular flexibility index (Phi) is 5.91. The molecule has 1 atom stereocenters. The van der Waals surface area contributed by atoms with Crippen LogP contribution in [0.2, 0.25) is 0 Å². The molecule has 1 fully saturated rings. The van der Waals surface area contributed by atoms with Crippen molar-refractivity contribution < 1.29 is 14.2 Å². The van der Waals surface area contributed by atoms with E-state index < -0.39 is 6.04 Å². The van der Waals surface area contributed by atoms with E-state index in [1.807, 2.05) is 0 Å². The van der Waals surface area contributed by atoms with Gasteiger partial charge in [0.1, 0.15) is 0 Å². The molecule has 23 heavy (non-hydrogen) atoms. The second-order valence-corrected chi connectivity index (χ2v) is 6.27. The van der Waals surface area contributed by atoms with Crippen molar-refractivity contribution in [2.24, 2.45) is 4.99 Å². The molecule has 1 saturated heterocycles. The minimum atomic E-state index is -0.414. The van der Waals surface area contributed by atoms with Gasteiger partial charge in [-0.05, 0) is 24.3 Å². The summed E-state index contributed by atoms with van der Waals surface area (Å²) in [5, 5.41) is 0. The van der Waals surface area contributed by atoms with Gasteiger partial charge in [-0.3, -0.25) is 14.6 Å². The molecule has 128 valence electrons. The van der Waals surface area contributed by atoms with Gasteiger partial charge in [0.25, 0.3) is 23.6 Å². The molecule has 0 aliphatic carbocycles. The van der Waals surface area contributed by atoms with Crippen LogP contribution >= 0.6 is 0 Å². The van der Waals surface area contributed by atoms with Gasteiger partial charge in [-0.25, -0.2) is 9.37 Å². The van der Waals surface area contributed by atoms with Gasteiger partial charge in [0.15, 0.2) is 0 Å². The molecule has 2 rings (SSSR count). The first kappa shape index (κ1) is 17.6. The van der Waals surface area contributed by atoms with Crippen LogP contribution in [0.1, 0.15) is 59.3 Å². The van der Waals surface area contributed by atoms with Gasteiger partial charge >= 0.3 is 6.03 Å². The molecular formula is C17H29N4O2+. The number of imide groups is 1. The number of hydrogen-bond donors (Lipinski definition) is 0. The van der Waals surface area contributed by atoms with Crippen molar-refractivity contribution in [1.82, 2.24) is 9.80 Å². The Morgan fingerprint density at radius 2 is 1.78 bits per heavy atom. The summed E-state index contributed by atoms with van der Waals surface area (Å²) in [6.07, 6.45) is 5.71. The molecule has 1 unspecified atom stereocenters. The second kappa shape index (κ2) is 7.70. The minimum Gasteiger partial charge on any atom is -0.269 e. The zero-order chi connectivity index (χ0) is 17.0. The molecule has 0 bridgehead atoms. The number of urea groups is 1. The smallest absolute Gasteiger partial charge is 0.269 e. The fourth-order valence-electron chi connectivity index (χ4n) is 3.10. The molecule has 2 aliphatic heterocycles. The lowest BCUT2D eigenvalue weighted by molar-refractivity contribution is -0.537. The quantitative estimate of drug-likeness (QED) is 0.645. The van der Waals surface area contributed by atoms with Crippen LogP contribution in [0.25, 0.3) is 0 Å². The standard InChI is InChI=1S/C17H29N4O2/c1-5-8-11-20-13(10-7-3)18-15-14(20)16(22)21(12-9-6-2)17(23)19(15)4/h14H,5-12H2,1-4H3/q+1. The lowest BCUT2D eigenvalue weighted by atomic mass is 10.1. The third-order valence-corrected chi connectivity index (χ3v) is 4.45. The van der Waals surface area contributed by atoms with Crippen molar-refractivity contribution >= 4 is 23.6 Å². The Bertz CT molecular complexity index is 539. The van der Waals surface area contributed by atoms with Crippen LogP contribution in [0.3, 0.4) is 0 Å². The Balaban J connectivity index is 2.33. The van der Waals surface area contributed by atoms with Crippen LogP contribution < -0.4 is 0 Å². The van der Waals surface area contributed by atoms with Gasteiger partial charge in [-0.15, -0.1) is 0 Å². The van der Waals surface area contributed by atoms with Crippen molar-refractivity contribution in [2.75, 3.05) is 20.1 Å². The highest BCUT2D eigenvalue weighted by atomic mass is 16.2. The Labute approximate surface area is 138 Å². The van der Waals surface area contributed by atoms with E-state index in [9.17, 15) is 9.59 Å². The third kappa shape index (κ3) is 3.31. The number of unbranched alkanes of at least 4 members (excludes halogenated alkanes) is 2. The van der Waals surface area contributed by atoms with E-state index in [1.165, 1.54) is 4.90 Å². The zero-order valence-electron chi connectivity index (χ0n) is 14.8. The average Bonchev–Trinajstić information content (AvgIpc) is 2.90. The lowest BCUT2D eigenvalue weighted by Gasteiger charge is -2.33. The number of amides is 3. The van der Waals surface area contributed by atoms with Crippen LogP contribution in [-0.4, -0.2) is 64.2 Å². The summed E-state index contributed by atoms with van der Waals surface area (Å²) < 4.78 is 2.12. The summed E-state index contributed by atoms with van der Waals surface area (Å²) in [7, 11) is 1.73. The van der Waals surface area contributed by atoms with Gasteiger partial charge in [-0.1, -0.05) is 33.6 Å². The zero-order valence-corrected chi connectivity index (χ0v) is 14.8. The van der Waals surface area contributed by atoms with Crippen LogP contribution in [-0.2, 0) is 4.79 Å². The molecule has 2 heterocycles. The average molecular weight is 321 g/mol. The number of carbonyl (C=O) groups is 2. The lowest BCUT2D eigenvalue weighted by Crippen LogP contribution is -2.62. The summed E-state index contributed by atoms with van der Waals surface area (Å²) in [4.78, 5) is 33.0. The van der Waals surface area contributed by atoms with Crippen LogP contribution in [0.4, 0.5) is 4.79 Å². The number of rotatable bonds is 8. The van der Waals surface area contributed by atoms with Crippen molar-refractivity contribution in [3.8, 4) is 0 Å². The van der Waals surface area contributed by atoms with E-state index in [0.29, 0.717) is 12.4 Å². The number of aliphatic imine (C=N–C) groups is 1. The first-order valence-corrected chi connectivity index (χ1v) is 8.86. The number of amidine groups is 2. The molecule has 0 aromatic carbocycles. The molecule has 0 radical (unpaired) electrons. The summed E-state index contributed by atoms with van der Waals surface area (Å²) in [6.45, 7) is 7.62. The van der Waals surface area contributed by atoms with Gasteiger partial charge in [0, 0.05) is 13.6 Å². The van der Waals surface area contributed by atoms with E-state index in [4.69, 9.17) is 0 Å². The summed E-state index contributed by atoms with van der Waals surface area (Å²) in [6, 6.07) is -0.658. The number of fused-ring (bicyclic) bond motifs is 1. The molecule has 0 N–H and O–H groups in total. The first-order chi connectivity index (χ1) is 11.1. The fourth-order valence-corrected chi connectivity index (χ4v) is 3.10. The van der Waals surface area contributed by atoms with Crippen LogP contribution in [0.15, 0.2) is 4.99 Å². The van der Waals surface area contributed by atoms with Crippen LogP contribution in [0.5, 0.6) is 0 Å². The van der Waals surface area contributed by atoms with E-state index in [1.54, 1.807) is 11.9 Å². The molecule has 0 spiro atoms. The molecule has 6 nitrogen and oxygen atoms in total. The molecule has 0 aromatic rings. The fraction of sp³-hybridized carbons (Fsp3) is 0.765. The number of carbonyl (C=O) groups excluding carboxylic acids is 2. The monoisotopic (exact) mass is 321 g/mol. The van der Waals surface area contributed by atoms with Gasteiger partial charge in [-0.2, -0.15) is 0 Å². The molecular weight excluding hydrogens is 292 g/mol. The SMILES string of the molecule is CCCCN1C(=O)C2C(=NC(CCC)=[N+]2CCCC)N(C)C1=O. The third-order valence-electron chi connectivity index (χ3n) is 4.45. The van der Waals surface area contributed by atoms with Crippen molar-refractivity contribution in [2.45, 2.75) is 65.3 Å². The summed E-state index contributed by atoms with van der Waals surface area (Å²) in [5.74, 6) is 1.45. The van der Waals surface area contributed by atoms with E-state index in [2.05, 4.69) is 30.3 Å². The Hall–Kier alpha value is -1.72. The summed E-state index contributed by atoms with van der Waals surface area (Å²) in [5.41, 5.74) is 0. The number of hydrogen-bond acceptors (Lipinski definition) is 3. The normalized spacial score (nSPS) is 21.2. The topological polar surface area (TPSA) is 56.0 Å². The highest BCUT2D eigenvalue weighted by Gasteiger charge is 2.53. The minimum absolute atomic E-state index is 0.109. The van der Waals surface area contributed by atoms with Crippen LogP contribution in [0, 0.1) is 0 Å². The number of nitrogens with zero attached hydrogens (tertiary/aromatic N) is 4. The van der Waals surface area contributed by atoms with E-state index in [-0.39, 0.29) is 11.9 Å². The van der Waals surface area contributed by atoms with Gasteiger partial charge < -0.3 is 0 Å². The maximum absolute atomic E-state index is 12.9. The van der Waals surface area contributed by atoms with E-state index in [0.717, 1.165) is 50.9 Å². The molecule has 6 heteroatoms. The largest absolute Gasteiger partial charge is 0.333 e. The maximum atomic E-state index is 12.9. The van der Waals surface area contributed by atoms with Gasteiger partial charge in [0.2, 0.25) is 0 Å². The van der Waals surface area contributed by atoms with Gasteiger partial charge in [0.05, 0.1) is 13.0 Å². The molecule has 3 amide bonds. The molecule has 0 aromatic heterocycles. The van der Waals surface area contributed by atoms with E-state index >= 15 is 0 Å². The van der Waals surface area contributed by atoms with Crippen molar-refractivity contribution in [3.63, 3.8) is 0 Å². The van der Waals surface area contributed by atoms with Crippen molar-refractivity contribution in [1.29, 1.82) is 0 Å². The summed E-state index contributed by atoms with van der Waals surface area (Å²) >= 11 is 0. The Morgan fingerprint density at radius 3 is 2.39 bits per heavy atom. The first-order valence-electron chi connectivity index (χ1n) is 8.86. The molecule has 2 aliphatic rings. The van der Waals surface area contributed by atoms with Crippen molar-refractivity contribution in [3.05, 3.63) is 0 Å².